The Labute approximate surface area is 121 Å². The van der Waals surface area contributed by atoms with Crippen LogP contribution in [0.15, 0.2) is 35.0 Å². The summed E-state index contributed by atoms with van der Waals surface area (Å²) in [7, 11) is 1.59. The first-order valence-electron chi connectivity index (χ1n) is 5.94. The van der Waals surface area contributed by atoms with E-state index in [1.807, 2.05) is 35.0 Å². The van der Waals surface area contributed by atoms with Gasteiger partial charge in [0.25, 0.3) is 0 Å². The Balaban J connectivity index is 1.84. The number of methoxy groups -OCH3 is 1. The van der Waals surface area contributed by atoms with Gasteiger partial charge in [-0.3, -0.25) is 0 Å². The van der Waals surface area contributed by atoms with Gasteiger partial charge in [-0.2, -0.15) is 11.3 Å². The van der Waals surface area contributed by atoms with Gasteiger partial charge in [0.2, 0.25) is 0 Å². The molecule has 0 bridgehead atoms. The van der Waals surface area contributed by atoms with E-state index in [-0.39, 0.29) is 0 Å². The molecule has 0 aliphatic heterocycles. The van der Waals surface area contributed by atoms with E-state index >= 15 is 0 Å². The zero-order valence-electron chi connectivity index (χ0n) is 10.6. The first-order chi connectivity index (χ1) is 9.20. The van der Waals surface area contributed by atoms with Gasteiger partial charge in [-0.25, -0.2) is 0 Å². The molecule has 2 N–H and O–H groups in total. The molecule has 0 saturated heterocycles. The number of aliphatic hydroxyl groups excluding tert-OH is 1. The maximum atomic E-state index is 9.92. The van der Waals surface area contributed by atoms with E-state index in [1.54, 1.807) is 18.4 Å². The highest BCUT2D eigenvalue weighted by Crippen LogP contribution is 2.24. The second-order valence-corrected chi connectivity index (χ2v) is 5.36. The molecule has 0 saturated carbocycles. The van der Waals surface area contributed by atoms with Crippen LogP contribution in [0, 0.1) is 0 Å². The summed E-state index contributed by atoms with van der Waals surface area (Å²) in [4.78, 5) is 0. The first kappa shape index (κ1) is 14.3. The van der Waals surface area contributed by atoms with Gasteiger partial charge < -0.3 is 15.2 Å². The number of hydrogen-bond donors (Lipinski definition) is 2. The summed E-state index contributed by atoms with van der Waals surface area (Å²) in [5, 5.41) is 17.6. The quantitative estimate of drug-likeness (QED) is 0.860. The van der Waals surface area contributed by atoms with Gasteiger partial charge in [-0.05, 0) is 40.1 Å². The van der Waals surface area contributed by atoms with Gasteiger partial charge in [-0.15, -0.1) is 0 Å². The third-order valence-corrected chi connectivity index (χ3v) is 3.81. The van der Waals surface area contributed by atoms with Crippen molar-refractivity contribution in [2.75, 3.05) is 13.7 Å². The Kier molecular flexibility index (Phi) is 5.22. The van der Waals surface area contributed by atoms with Crippen molar-refractivity contribution in [3.8, 4) is 5.75 Å². The van der Waals surface area contributed by atoms with Crippen LogP contribution in [0.25, 0.3) is 0 Å². The smallest absolute Gasteiger partial charge is 0.137 e. The third kappa shape index (κ3) is 3.94. The van der Waals surface area contributed by atoms with Crippen LogP contribution in [-0.2, 0) is 6.54 Å². The molecule has 2 rings (SSSR count). The SMILES string of the molecule is COc1ccc(CNCC(O)c2ccsc2)cc1Cl. The minimum atomic E-state index is -0.472. The first-order valence-corrected chi connectivity index (χ1v) is 7.26. The molecule has 0 amide bonds. The van der Waals surface area contributed by atoms with E-state index < -0.39 is 6.10 Å². The monoisotopic (exact) mass is 297 g/mol. The van der Waals surface area contributed by atoms with Gasteiger partial charge in [0.05, 0.1) is 18.2 Å². The largest absolute Gasteiger partial charge is 0.495 e. The van der Waals surface area contributed by atoms with Crippen LogP contribution < -0.4 is 10.1 Å². The predicted molar refractivity (Wildman–Crippen MR) is 79.0 cm³/mol. The van der Waals surface area contributed by atoms with Crippen LogP contribution in [0.4, 0.5) is 0 Å². The minimum Gasteiger partial charge on any atom is -0.495 e. The zero-order chi connectivity index (χ0) is 13.7. The zero-order valence-corrected chi connectivity index (χ0v) is 12.2. The van der Waals surface area contributed by atoms with Crippen molar-refractivity contribution in [2.45, 2.75) is 12.6 Å². The molecule has 0 radical (unpaired) electrons. The number of rotatable bonds is 6. The van der Waals surface area contributed by atoms with Crippen molar-refractivity contribution in [3.05, 3.63) is 51.2 Å². The van der Waals surface area contributed by atoms with Crippen molar-refractivity contribution < 1.29 is 9.84 Å². The van der Waals surface area contributed by atoms with Gasteiger partial charge in [0.1, 0.15) is 5.75 Å². The number of benzene rings is 1. The number of ether oxygens (including phenoxy) is 1. The summed E-state index contributed by atoms with van der Waals surface area (Å²) in [6.45, 7) is 1.17. The van der Waals surface area contributed by atoms with Crippen LogP contribution in [0.2, 0.25) is 5.02 Å². The number of thiophene rings is 1. The molecular formula is C14H16ClNO2S. The van der Waals surface area contributed by atoms with Crippen LogP contribution in [0.3, 0.4) is 0 Å². The van der Waals surface area contributed by atoms with Crippen molar-refractivity contribution in [1.29, 1.82) is 0 Å². The number of halogens is 1. The van der Waals surface area contributed by atoms with Crippen LogP contribution >= 0.6 is 22.9 Å². The average Bonchev–Trinajstić information content (AvgIpc) is 2.93. The van der Waals surface area contributed by atoms with Crippen molar-refractivity contribution in [3.63, 3.8) is 0 Å². The molecule has 2 aromatic rings. The third-order valence-electron chi connectivity index (χ3n) is 2.81. The lowest BCUT2D eigenvalue weighted by Crippen LogP contribution is -2.20. The molecule has 1 heterocycles. The summed E-state index contributed by atoms with van der Waals surface area (Å²) in [6.07, 6.45) is -0.472. The fraction of sp³-hybridized carbons (Fsp3) is 0.286. The highest BCUT2D eigenvalue weighted by Gasteiger charge is 2.07. The van der Waals surface area contributed by atoms with Crippen LogP contribution in [0.1, 0.15) is 17.2 Å². The standard InChI is InChI=1S/C14H16ClNO2S/c1-18-14-3-2-10(6-12(14)15)7-16-8-13(17)11-4-5-19-9-11/h2-6,9,13,16-17H,7-8H2,1H3. The summed E-state index contributed by atoms with van der Waals surface area (Å²) >= 11 is 7.64. The van der Waals surface area contributed by atoms with Gasteiger partial charge in [0, 0.05) is 13.1 Å². The van der Waals surface area contributed by atoms with Crippen molar-refractivity contribution in [2.24, 2.45) is 0 Å². The van der Waals surface area contributed by atoms with Crippen molar-refractivity contribution in [1.82, 2.24) is 5.32 Å². The lowest BCUT2D eigenvalue weighted by atomic mass is 10.2. The molecular weight excluding hydrogens is 282 g/mol. The van der Waals surface area contributed by atoms with Crippen LogP contribution in [0.5, 0.6) is 5.75 Å². The fourth-order valence-electron chi connectivity index (χ4n) is 1.76. The number of aliphatic hydroxyl groups is 1. The molecule has 102 valence electrons. The normalized spacial score (nSPS) is 12.4. The second-order valence-electron chi connectivity index (χ2n) is 4.17. The highest BCUT2D eigenvalue weighted by atomic mass is 35.5. The average molecular weight is 298 g/mol. The van der Waals surface area contributed by atoms with E-state index in [2.05, 4.69) is 5.32 Å². The summed E-state index contributed by atoms with van der Waals surface area (Å²) < 4.78 is 5.10. The molecule has 0 fully saturated rings. The molecule has 5 heteroatoms. The van der Waals surface area contributed by atoms with E-state index in [4.69, 9.17) is 16.3 Å². The Morgan fingerprint density at radius 3 is 2.89 bits per heavy atom. The van der Waals surface area contributed by atoms with E-state index in [9.17, 15) is 5.11 Å². The maximum absolute atomic E-state index is 9.92. The lowest BCUT2D eigenvalue weighted by molar-refractivity contribution is 0.175. The predicted octanol–water partition coefficient (Wildman–Crippen LogP) is 3.23. The molecule has 1 unspecified atom stereocenters. The highest BCUT2D eigenvalue weighted by molar-refractivity contribution is 7.07. The topological polar surface area (TPSA) is 41.5 Å². The summed E-state index contributed by atoms with van der Waals surface area (Å²) in [6, 6.07) is 7.59. The maximum Gasteiger partial charge on any atom is 0.137 e. The fourth-order valence-corrected chi connectivity index (χ4v) is 2.74. The second kappa shape index (κ2) is 6.91. The Morgan fingerprint density at radius 2 is 2.26 bits per heavy atom. The Morgan fingerprint density at radius 1 is 1.42 bits per heavy atom. The Bertz CT molecular complexity index is 516. The van der Waals surface area contributed by atoms with Gasteiger partial charge >= 0.3 is 0 Å². The molecule has 1 atom stereocenters. The number of hydrogen-bond acceptors (Lipinski definition) is 4. The summed E-state index contributed by atoms with van der Waals surface area (Å²) in [5.74, 6) is 0.670. The van der Waals surface area contributed by atoms with Gasteiger partial charge in [0.15, 0.2) is 0 Å². The molecule has 1 aromatic heterocycles. The summed E-state index contributed by atoms with van der Waals surface area (Å²) in [5.41, 5.74) is 2.01. The van der Waals surface area contributed by atoms with Gasteiger partial charge in [-0.1, -0.05) is 17.7 Å². The van der Waals surface area contributed by atoms with E-state index in [0.717, 1.165) is 11.1 Å². The Hall–Kier alpha value is -1.07. The minimum absolute atomic E-state index is 0.472. The van der Waals surface area contributed by atoms with Crippen molar-refractivity contribution >= 4 is 22.9 Å². The molecule has 0 aliphatic rings. The number of nitrogens with one attached hydrogen (secondary N) is 1. The molecule has 3 nitrogen and oxygen atoms in total. The molecule has 0 spiro atoms. The molecule has 19 heavy (non-hydrogen) atoms. The lowest BCUT2D eigenvalue weighted by Gasteiger charge is -2.11. The molecule has 1 aromatic carbocycles. The molecule has 0 aliphatic carbocycles. The van der Waals surface area contributed by atoms with E-state index in [0.29, 0.717) is 23.9 Å². The van der Waals surface area contributed by atoms with Crippen LogP contribution in [-0.4, -0.2) is 18.8 Å². The van der Waals surface area contributed by atoms with E-state index in [1.165, 1.54) is 0 Å².